The second-order valence-corrected chi connectivity index (χ2v) is 8.22. The van der Waals surface area contributed by atoms with E-state index in [4.69, 9.17) is 0 Å². The van der Waals surface area contributed by atoms with Crippen molar-refractivity contribution in [2.75, 3.05) is 31.6 Å². The fraction of sp³-hybridized carbons (Fsp3) is 0.529. The zero-order chi connectivity index (χ0) is 19.6. The smallest absolute Gasteiger partial charge is 0.254 e. The molecule has 1 amide bonds. The van der Waals surface area contributed by atoms with Crippen LogP contribution >= 0.6 is 24.0 Å². The van der Waals surface area contributed by atoms with E-state index in [9.17, 15) is 17.6 Å². The van der Waals surface area contributed by atoms with Gasteiger partial charge >= 0.3 is 0 Å². The summed E-state index contributed by atoms with van der Waals surface area (Å²) in [5.41, 5.74) is -0.00379. The van der Waals surface area contributed by atoms with Gasteiger partial charge in [-0.3, -0.25) is 9.79 Å². The number of amides is 1. The van der Waals surface area contributed by atoms with Gasteiger partial charge in [0.1, 0.15) is 15.7 Å². The molecule has 3 N–H and O–H groups in total. The first-order valence-electron chi connectivity index (χ1n) is 8.48. The Morgan fingerprint density at radius 3 is 2.52 bits per heavy atom. The van der Waals surface area contributed by atoms with E-state index in [2.05, 4.69) is 20.9 Å². The lowest BCUT2D eigenvalue weighted by atomic mass is 10.2. The molecule has 0 aliphatic carbocycles. The first-order chi connectivity index (χ1) is 12.2. The number of guanidine groups is 1. The van der Waals surface area contributed by atoms with Gasteiger partial charge in [0.25, 0.3) is 5.91 Å². The molecule has 27 heavy (non-hydrogen) atoms. The van der Waals surface area contributed by atoms with Crippen molar-refractivity contribution in [2.24, 2.45) is 4.99 Å². The van der Waals surface area contributed by atoms with Crippen LogP contribution in [0.5, 0.6) is 0 Å². The normalized spacial score (nSPS) is 12.7. The van der Waals surface area contributed by atoms with Gasteiger partial charge in [-0.2, -0.15) is 0 Å². The second-order valence-electron chi connectivity index (χ2n) is 5.96. The maximum absolute atomic E-state index is 13.5. The molecule has 0 aliphatic rings. The van der Waals surface area contributed by atoms with Crippen molar-refractivity contribution in [2.45, 2.75) is 26.3 Å². The van der Waals surface area contributed by atoms with Crippen molar-refractivity contribution >= 4 is 45.7 Å². The summed E-state index contributed by atoms with van der Waals surface area (Å²) in [6.07, 6.45) is 1.67. The number of benzene rings is 1. The van der Waals surface area contributed by atoms with Gasteiger partial charge in [-0.05, 0) is 32.4 Å². The zero-order valence-electron chi connectivity index (χ0n) is 15.8. The van der Waals surface area contributed by atoms with Gasteiger partial charge in [-0.1, -0.05) is 12.1 Å². The van der Waals surface area contributed by atoms with E-state index in [-0.39, 0.29) is 47.9 Å². The Balaban J connectivity index is 0.00000676. The molecule has 10 heteroatoms. The number of carbonyl (C=O) groups is 1. The molecule has 0 fully saturated rings. The average Bonchev–Trinajstić information content (AvgIpc) is 2.56. The topological polar surface area (TPSA) is 99.7 Å². The summed E-state index contributed by atoms with van der Waals surface area (Å²) in [4.78, 5) is 16.2. The molecule has 0 radical (unpaired) electrons. The molecule has 0 bridgehead atoms. The highest BCUT2D eigenvalue weighted by molar-refractivity contribution is 14.0. The molecule has 1 atom stereocenters. The summed E-state index contributed by atoms with van der Waals surface area (Å²) in [5, 5.41) is 8.79. The number of halogens is 2. The van der Waals surface area contributed by atoms with Crippen LogP contribution in [0.3, 0.4) is 0 Å². The lowest BCUT2D eigenvalue weighted by Gasteiger charge is -2.17. The molecule has 1 aromatic rings. The molecule has 1 unspecified atom stereocenters. The highest BCUT2D eigenvalue weighted by atomic mass is 127. The maximum atomic E-state index is 13.5. The minimum absolute atomic E-state index is 0. The molecule has 0 heterocycles. The number of nitrogens with zero attached hydrogens (tertiary/aromatic N) is 1. The van der Waals surface area contributed by atoms with Gasteiger partial charge in [0.15, 0.2) is 5.96 Å². The molecule has 154 valence electrons. The fourth-order valence-corrected chi connectivity index (χ4v) is 2.88. The number of sulfone groups is 1. The quantitative estimate of drug-likeness (QED) is 0.201. The van der Waals surface area contributed by atoms with E-state index in [1.165, 1.54) is 24.5 Å². The summed E-state index contributed by atoms with van der Waals surface area (Å²) < 4.78 is 36.0. The van der Waals surface area contributed by atoms with Crippen LogP contribution in [0.25, 0.3) is 0 Å². The molecular weight excluding hydrogens is 486 g/mol. The molecule has 1 rings (SSSR count). The van der Waals surface area contributed by atoms with Gasteiger partial charge in [-0.15, -0.1) is 24.0 Å². The van der Waals surface area contributed by atoms with Crippen LogP contribution in [-0.2, 0) is 9.84 Å². The fourth-order valence-electron chi connectivity index (χ4n) is 2.09. The van der Waals surface area contributed by atoms with Crippen molar-refractivity contribution in [1.82, 2.24) is 16.0 Å². The molecule has 0 spiro atoms. The van der Waals surface area contributed by atoms with Crippen LogP contribution in [0, 0.1) is 5.82 Å². The highest BCUT2D eigenvalue weighted by Crippen LogP contribution is 2.05. The first kappa shape index (κ1) is 25.6. The van der Waals surface area contributed by atoms with E-state index in [0.717, 1.165) is 0 Å². The van der Waals surface area contributed by atoms with Crippen molar-refractivity contribution in [3.8, 4) is 0 Å². The van der Waals surface area contributed by atoms with Gasteiger partial charge < -0.3 is 16.0 Å². The van der Waals surface area contributed by atoms with Crippen molar-refractivity contribution in [3.63, 3.8) is 0 Å². The van der Waals surface area contributed by atoms with Crippen LogP contribution in [0.15, 0.2) is 29.3 Å². The Bertz CT molecular complexity index is 729. The third-order valence-electron chi connectivity index (χ3n) is 3.43. The highest BCUT2D eigenvalue weighted by Gasteiger charge is 2.11. The zero-order valence-corrected chi connectivity index (χ0v) is 18.9. The van der Waals surface area contributed by atoms with Crippen LogP contribution in [-0.4, -0.2) is 58.0 Å². The summed E-state index contributed by atoms with van der Waals surface area (Å²) in [6, 6.07) is 5.70. The predicted molar refractivity (Wildman–Crippen MR) is 117 cm³/mol. The first-order valence-corrected chi connectivity index (χ1v) is 10.5. The molecule has 0 aliphatic heterocycles. The van der Waals surface area contributed by atoms with E-state index >= 15 is 0 Å². The van der Waals surface area contributed by atoms with Gasteiger partial charge in [0.05, 0.1) is 17.9 Å². The van der Waals surface area contributed by atoms with Crippen molar-refractivity contribution in [1.29, 1.82) is 0 Å². The minimum Gasteiger partial charge on any atom is -0.357 e. The third-order valence-corrected chi connectivity index (χ3v) is 4.41. The molecule has 7 nitrogen and oxygen atoms in total. The SMILES string of the molecule is CCNC(=NCCNC(=O)c1ccccc1F)NC(C)CCS(C)(=O)=O.I. The lowest BCUT2D eigenvalue weighted by Crippen LogP contribution is -2.43. The Labute approximate surface area is 177 Å². The summed E-state index contributed by atoms with van der Waals surface area (Å²) in [5.74, 6) is -0.422. The minimum atomic E-state index is -3.01. The maximum Gasteiger partial charge on any atom is 0.254 e. The van der Waals surface area contributed by atoms with E-state index in [1.54, 1.807) is 6.07 Å². The molecule has 0 aromatic heterocycles. The molecule has 0 saturated carbocycles. The Hall–Kier alpha value is -1.43. The summed E-state index contributed by atoms with van der Waals surface area (Å²) in [6.45, 7) is 4.98. The standard InChI is InChI=1S/C17H27FN4O3S.HI/c1-4-19-17(22-13(2)9-12-26(3,24)25)21-11-10-20-16(23)14-7-5-6-8-15(14)18;/h5-8,13H,4,9-12H2,1-3H3,(H,20,23)(H2,19,21,22);1H. The monoisotopic (exact) mass is 514 g/mol. The number of rotatable bonds is 9. The molecular formula is C17H28FIN4O3S. The van der Waals surface area contributed by atoms with Crippen LogP contribution < -0.4 is 16.0 Å². The molecule has 1 aromatic carbocycles. The lowest BCUT2D eigenvalue weighted by molar-refractivity contribution is 0.0950. The van der Waals surface area contributed by atoms with Gasteiger partial charge in [-0.25, -0.2) is 12.8 Å². The van der Waals surface area contributed by atoms with Crippen molar-refractivity contribution in [3.05, 3.63) is 35.6 Å². The van der Waals surface area contributed by atoms with Crippen LogP contribution in [0.1, 0.15) is 30.6 Å². The number of aliphatic imine (C=N–C) groups is 1. The summed E-state index contributed by atoms with van der Waals surface area (Å²) in [7, 11) is -3.01. The van der Waals surface area contributed by atoms with Gasteiger partial charge in [0.2, 0.25) is 0 Å². The van der Waals surface area contributed by atoms with E-state index in [1.807, 2.05) is 13.8 Å². The molecule has 0 saturated heterocycles. The number of nitrogens with one attached hydrogen (secondary N) is 3. The van der Waals surface area contributed by atoms with Crippen molar-refractivity contribution < 1.29 is 17.6 Å². The third kappa shape index (κ3) is 11.1. The number of carbonyl (C=O) groups excluding carboxylic acids is 1. The largest absolute Gasteiger partial charge is 0.357 e. The van der Waals surface area contributed by atoms with Crippen LogP contribution in [0.2, 0.25) is 0 Å². The second kappa shape index (κ2) is 12.9. The Morgan fingerprint density at radius 2 is 1.93 bits per heavy atom. The average molecular weight is 514 g/mol. The van der Waals surface area contributed by atoms with Crippen LogP contribution in [0.4, 0.5) is 4.39 Å². The Morgan fingerprint density at radius 1 is 1.26 bits per heavy atom. The Kier molecular flexibility index (Phi) is 12.2. The number of hydrogen-bond donors (Lipinski definition) is 3. The summed E-state index contributed by atoms with van der Waals surface area (Å²) >= 11 is 0. The number of hydrogen-bond acceptors (Lipinski definition) is 4. The van der Waals surface area contributed by atoms with E-state index in [0.29, 0.717) is 25.5 Å². The predicted octanol–water partition coefficient (Wildman–Crippen LogP) is 1.55. The van der Waals surface area contributed by atoms with Gasteiger partial charge in [0, 0.05) is 25.4 Å². The van der Waals surface area contributed by atoms with E-state index < -0.39 is 21.6 Å².